The summed E-state index contributed by atoms with van der Waals surface area (Å²) in [4.78, 5) is 21.1. The highest BCUT2D eigenvalue weighted by molar-refractivity contribution is 5.84. The summed E-state index contributed by atoms with van der Waals surface area (Å²) < 4.78 is 60.7. The first-order chi connectivity index (χ1) is 9.02. The predicted molar refractivity (Wildman–Crippen MR) is 59.3 cm³/mol. The molecule has 0 saturated heterocycles. The van der Waals surface area contributed by atoms with Gasteiger partial charge in [-0.15, -0.1) is 0 Å². The Morgan fingerprint density at radius 2 is 1.70 bits per heavy atom. The molecule has 0 aromatic carbocycles. The van der Waals surface area contributed by atoms with Crippen molar-refractivity contribution < 1.29 is 36.6 Å². The minimum absolute atomic E-state index is 0.120. The average molecular weight is 305 g/mol. The van der Waals surface area contributed by atoms with Gasteiger partial charge in [-0.3, -0.25) is 9.59 Å². The van der Waals surface area contributed by atoms with Crippen LogP contribution in [0.5, 0.6) is 0 Å². The van der Waals surface area contributed by atoms with Crippen LogP contribution in [-0.4, -0.2) is 35.6 Å². The molecule has 0 aromatic rings. The summed E-state index contributed by atoms with van der Waals surface area (Å²) in [5.74, 6) is -8.99. The van der Waals surface area contributed by atoms with Gasteiger partial charge in [-0.2, -0.15) is 22.0 Å². The van der Waals surface area contributed by atoms with Crippen molar-refractivity contribution in [2.45, 2.75) is 44.7 Å². The quantitative estimate of drug-likeness (QED) is 0.677. The van der Waals surface area contributed by atoms with E-state index in [2.05, 4.69) is 0 Å². The highest BCUT2D eigenvalue weighted by Gasteiger charge is 2.63. The van der Waals surface area contributed by atoms with Gasteiger partial charge in [-0.25, -0.2) is 0 Å². The normalized spacial score (nSPS) is 13.9. The lowest BCUT2D eigenvalue weighted by molar-refractivity contribution is -0.269. The van der Waals surface area contributed by atoms with Crippen molar-refractivity contribution in [2.24, 2.45) is 5.92 Å². The molecule has 0 aliphatic rings. The molecular formula is C11H16F5NO3. The number of carbonyl (C=O) groups is 2. The standard InChI is InChI=1S/C11H16F5NO3/c1-2-7(3-4-8(18)19)5-6-17-9(20)10(12,13)11(14,15)16/h7H,2-6H2,1H3,(H,17,20)(H,18,19). The average Bonchev–Trinajstić information content (AvgIpc) is 2.31. The van der Waals surface area contributed by atoms with Crippen LogP contribution >= 0.6 is 0 Å². The molecule has 0 rings (SSSR count). The van der Waals surface area contributed by atoms with Crippen LogP contribution in [0.25, 0.3) is 0 Å². The van der Waals surface area contributed by atoms with E-state index in [0.29, 0.717) is 6.42 Å². The van der Waals surface area contributed by atoms with Crippen LogP contribution in [0.4, 0.5) is 22.0 Å². The maximum Gasteiger partial charge on any atom is 0.463 e. The summed E-state index contributed by atoms with van der Waals surface area (Å²) in [6.07, 6.45) is -5.09. The topological polar surface area (TPSA) is 66.4 Å². The number of alkyl halides is 5. The molecule has 0 aliphatic heterocycles. The molecule has 20 heavy (non-hydrogen) atoms. The number of rotatable bonds is 8. The molecule has 0 radical (unpaired) electrons. The third-order valence-electron chi connectivity index (χ3n) is 2.82. The van der Waals surface area contributed by atoms with E-state index >= 15 is 0 Å². The molecule has 118 valence electrons. The number of carboxylic acid groups (broad SMARTS) is 1. The molecule has 0 heterocycles. The van der Waals surface area contributed by atoms with E-state index < -0.39 is 24.0 Å². The molecule has 0 bridgehead atoms. The zero-order valence-corrected chi connectivity index (χ0v) is 10.8. The zero-order valence-electron chi connectivity index (χ0n) is 10.8. The number of hydrogen-bond acceptors (Lipinski definition) is 2. The largest absolute Gasteiger partial charge is 0.481 e. The molecule has 9 heteroatoms. The van der Waals surface area contributed by atoms with Crippen molar-refractivity contribution in [1.29, 1.82) is 0 Å². The van der Waals surface area contributed by atoms with Crippen LogP contribution in [0.1, 0.15) is 32.6 Å². The van der Waals surface area contributed by atoms with E-state index in [9.17, 15) is 31.5 Å². The molecule has 1 atom stereocenters. The number of carbonyl (C=O) groups excluding carboxylic acids is 1. The smallest absolute Gasteiger partial charge is 0.463 e. The number of halogens is 5. The maximum atomic E-state index is 12.6. The fraction of sp³-hybridized carbons (Fsp3) is 0.818. The van der Waals surface area contributed by atoms with Crippen molar-refractivity contribution in [3.63, 3.8) is 0 Å². The summed E-state index contributed by atoms with van der Waals surface area (Å²) >= 11 is 0. The van der Waals surface area contributed by atoms with E-state index in [1.165, 1.54) is 5.32 Å². The van der Waals surface area contributed by atoms with Crippen LogP contribution < -0.4 is 5.32 Å². The van der Waals surface area contributed by atoms with Gasteiger partial charge in [0.15, 0.2) is 0 Å². The monoisotopic (exact) mass is 305 g/mol. The Morgan fingerprint density at radius 1 is 1.15 bits per heavy atom. The van der Waals surface area contributed by atoms with E-state index in [-0.39, 0.29) is 31.7 Å². The number of amides is 1. The van der Waals surface area contributed by atoms with Gasteiger partial charge in [0.2, 0.25) is 0 Å². The van der Waals surface area contributed by atoms with Gasteiger partial charge in [0.25, 0.3) is 5.91 Å². The minimum Gasteiger partial charge on any atom is -0.481 e. The first-order valence-corrected chi connectivity index (χ1v) is 5.97. The summed E-state index contributed by atoms with van der Waals surface area (Å²) in [5, 5.41) is 10.00. The Kier molecular flexibility index (Phi) is 6.87. The molecule has 4 nitrogen and oxygen atoms in total. The molecular weight excluding hydrogens is 289 g/mol. The second-order valence-corrected chi connectivity index (χ2v) is 4.32. The molecule has 0 saturated carbocycles. The highest BCUT2D eigenvalue weighted by atomic mass is 19.4. The van der Waals surface area contributed by atoms with E-state index in [4.69, 9.17) is 5.11 Å². The second-order valence-electron chi connectivity index (χ2n) is 4.32. The molecule has 1 unspecified atom stereocenters. The van der Waals surface area contributed by atoms with Crippen molar-refractivity contribution in [3.05, 3.63) is 0 Å². The van der Waals surface area contributed by atoms with Crippen molar-refractivity contribution in [2.75, 3.05) is 6.54 Å². The van der Waals surface area contributed by atoms with Crippen LogP contribution in [-0.2, 0) is 9.59 Å². The van der Waals surface area contributed by atoms with Crippen molar-refractivity contribution >= 4 is 11.9 Å². The summed E-state index contributed by atoms with van der Waals surface area (Å²) in [7, 11) is 0. The molecule has 0 spiro atoms. The number of hydrogen-bond donors (Lipinski definition) is 2. The Hall–Kier alpha value is -1.41. The summed E-state index contributed by atoms with van der Waals surface area (Å²) in [5.41, 5.74) is 0. The van der Waals surface area contributed by atoms with Gasteiger partial charge in [-0.05, 0) is 18.8 Å². The number of aliphatic carboxylic acids is 1. The van der Waals surface area contributed by atoms with E-state index in [1.54, 1.807) is 6.92 Å². The van der Waals surface area contributed by atoms with E-state index in [1.807, 2.05) is 0 Å². The Labute approximate surface area is 112 Å². The van der Waals surface area contributed by atoms with Crippen LogP contribution in [0.2, 0.25) is 0 Å². The number of carboxylic acids is 1. The van der Waals surface area contributed by atoms with Crippen LogP contribution in [0, 0.1) is 5.92 Å². The third-order valence-corrected chi connectivity index (χ3v) is 2.82. The SMILES string of the molecule is CCC(CCNC(=O)C(F)(F)C(F)(F)F)CCC(=O)O. The first kappa shape index (κ1) is 18.6. The molecule has 0 fully saturated rings. The lowest BCUT2D eigenvalue weighted by Gasteiger charge is -2.19. The molecule has 0 aliphatic carbocycles. The van der Waals surface area contributed by atoms with Gasteiger partial charge in [0.05, 0.1) is 0 Å². The van der Waals surface area contributed by atoms with E-state index in [0.717, 1.165) is 0 Å². The first-order valence-electron chi connectivity index (χ1n) is 5.97. The summed E-state index contributed by atoms with van der Waals surface area (Å²) in [6, 6.07) is 0. The Morgan fingerprint density at radius 3 is 2.10 bits per heavy atom. The fourth-order valence-electron chi connectivity index (χ4n) is 1.51. The van der Waals surface area contributed by atoms with Crippen molar-refractivity contribution in [3.8, 4) is 0 Å². The maximum absolute atomic E-state index is 12.6. The molecule has 2 N–H and O–H groups in total. The minimum atomic E-state index is -5.93. The highest BCUT2D eigenvalue weighted by Crippen LogP contribution is 2.35. The lowest BCUT2D eigenvalue weighted by Crippen LogP contribution is -2.50. The molecule has 1 amide bonds. The fourth-order valence-corrected chi connectivity index (χ4v) is 1.51. The Bertz CT molecular complexity index is 343. The van der Waals surface area contributed by atoms with Gasteiger partial charge in [0.1, 0.15) is 0 Å². The Balaban J connectivity index is 4.22. The van der Waals surface area contributed by atoms with Crippen LogP contribution in [0.15, 0.2) is 0 Å². The predicted octanol–water partition coefficient (Wildman–Crippen LogP) is 2.58. The third kappa shape index (κ3) is 5.70. The summed E-state index contributed by atoms with van der Waals surface area (Å²) in [6.45, 7) is 1.38. The number of nitrogens with one attached hydrogen (secondary N) is 1. The van der Waals surface area contributed by atoms with Gasteiger partial charge >= 0.3 is 18.1 Å². The zero-order chi connectivity index (χ0) is 16.0. The second kappa shape index (κ2) is 7.39. The lowest BCUT2D eigenvalue weighted by atomic mass is 9.96. The van der Waals surface area contributed by atoms with Gasteiger partial charge in [0, 0.05) is 13.0 Å². The van der Waals surface area contributed by atoms with Gasteiger partial charge < -0.3 is 10.4 Å². The van der Waals surface area contributed by atoms with Gasteiger partial charge in [-0.1, -0.05) is 13.3 Å². The molecule has 0 aromatic heterocycles. The van der Waals surface area contributed by atoms with Crippen LogP contribution in [0.3, 0.4) is 0 Å². The van der Waals surface area contributed by atoms with Crippen molar-refractivity contribution in [1.82, 2.24) is 5.32 Å².